The van der Waals surface area contributed by atoms with Crippen molar-refractivity contribution < 1.29 is 4.79 Å². The number of carbonyl (C=O) groups is 1. The van der Waals surface area contributed by atoms with Crippen molar-refractivity contribution in [2.24, 2.45) is 5.73 Å². The van der Waals surface area contributed by atoms with E-state index in [9.17, 15) is 4.79 Å². The number of fused-ring (bicyclic) bond motifs is 3. The summed E-state index contributed by atoms with van der Waals surface area (Å²) < 4.78 is 0.829. The van der Waals surface area contributed by atoms with E-state index in [2.05, 4.69) is 20.9 Å². The van der Waals surface area contributed by atoms with Crippen LogP contribution in [0.5, 0.6) is 0 Å². The summed E-state index contributed by atoms with van der Waals surface area (Å²) in [6.45, 7) is 0. The molecule has 19 heavy (non-hydrogen) atoms. The number of halogens is 2. The number of para-hydroxylation sites is 1. The highest BCUT2D eigenvalue weighted by Gasteiger charge is 2.15. The molecule has 0 atom stereocenters. The molecule has 0 bridgehead atoms. The number of rotatable bonds is 2. The van der Waals surface area contributed by atoms with Crippen LogP contribution < -0.4 is 5.73 Å². The molecule has 0 spiro atoms. The number of H-pyrrole nitrogens is 1. The lowest BCUT2D eigenvalue weighted by molar-refractivity contribution is -0.117. The number of carbonyl (C=O) groups excluding carboxylic acids is 1. The van der Waals surface area contributed by atoms with Crippen LogP contribution in [0.15, 0.2) is 34.8 Å². The molecule has 1 heterocycles. The van der Waals surface area contributed by atoms with E-state index in [0.29, 0.717) is 5.02 Å². The van der Waals surface area contributed by atoms with Crippen molar-refractivity contribution in [3.05, 3.63) is 45.4 Å². The number of nitrogens with two attached hydrogens (primary N) is 1. The second-order valence-electron chi connectivity index (χ2n) is 4.40. The van der Waals surface area contributed by atoms with Gasteiger partial charge in [0.25, 0.3) is 0 Å². The van der Waals surface area contributed by atoms with E-state index in [0.717, 1.165) is 31.8 Å². The van der Waals surface area contributed by atoms with Gasteiger partial charge in [0.15, 0.2) is 0 Å². The van der Waals surface area contributed by atoms with Gasteiger partial charge in [-0.25, -0.2) is 0 Å². The van der Waals surface area contributed by atoms with Crippen LogP contribution in [0.1, 0.15) is 5.56 Å². The van der Waals surface area contributed by atoms with Gasteiger partial charge in [0.2, 0.25) is 5.91 Å². The smallest absolute Gasteiger partial charge is 0.221 e. The molecule has 2 aromatic carbocycles. The average Bonchev–Trinajstić information content (AvgIpc) is 2.75. The maximum atomic E-state index is 11.2. The largest absolute Gasteiger partial charge is 0.369 e. The zero-order chi connectivity index (χ0) is 13.6. The molecule has 96 valence electrons. The zero-order valence-electron chi connectivity index (χ0n) is 9.84. The molecule has 1 aromatic heterocycles. The third-order valence-electron chi connectivity index (χ3n) is 3.12. The normalized spacial score (nSPS) is 11.3. The third-order valence-corrected chi connectivity index (χ3v) is 4.47. The fourth-order valence-corrected chi connectivity index (χ4v) is 3.10. The van der Waals surface area contributed by atoms with E-state index >= 15 is 0 Å². The molecule has 3 aromatic rings. The van der Waals surface area contributed by atoms with Crippen molar-refractivity contribution in [1.29, 1.82) is 0 Å². The van der Waals surface area contributed by atoms with Crippen LogP contribution in [0.3, 0.4) is 0 Å². The first-order valence-electron chi connectivity index (χ1n) is 5.73. The Hall–Kier alpha value is -1.52. The van der Waals surface area contributed by atoms with Gasteiger partial charge in [0.05, 0.1) is 17.0 Å². The number of primary amides is 1. The maximum absolute atomic E-state index is 11.2. The number of amides is 1. The van der Waals surface area contributed by atoms with Gasteiger partial charge >= 0.3 is 0 Å². The van der Waals surface area contributed by atoms with Crippen molar-refractivity contribution in [3.63, 3.8) is 0 Å². The van der Waals surface area contributed by atoms with Gasteiger partial charge in [-0.3, -0.25) is 4.79 Å². The molecule has 0 fully saturated rings. The first-order valence-corrected chi connectivity index (χ1v) is 6.90. The van der Waals surface area contributed by atoms with E-state index in [1.165, 1.54) is 0 Å². The van der Waals surface area contributed by atoms with Crippen LogP contribution >= 0.6 is 27.5 Å². The van der Waals surface area contributed by atoms with Crippen molar-refractivity contribution in [2.45, 2.75) is 6.42 Å². The molecule has 0 unspecified atom stereocenters. The highest BCUT2D eigenvalue weighted by molar-refractivity contribution is 9.10. The first-order chi connectivity index (χ1) is 9.08. The average molecular weight is 338 g/mol. The van der Waals surface area contributed by atoms with Crippen molar-refractivity contribution in [3.8, 4) is 0 Å². The molecule has 0 radical (unpaired) electrons. The van der Waals surface area contributed by atoms with Crippen molar-refractivity contribution in [2.75, 3.05) is 0 Å². The number of nitrogens with one attached hydrogen (secondary N) is 1. The lowest BCUT2D eigenvalue weighted by Crippen LogP contribution is -2.13. The molecule has 0 aliphatic heterocycles. The summed E-state index contributed by atoms with van der Waals surface area (Å²) >= 11 is 9.73. The summed E-state index contributed by atoms with van der Waals surface area (Å²) in [5.74, 6) is -0.377. The quantitative estimate of drug-likeness (QED) is 0.735. The molecule has 0 saturated carbocycles. The summed E-state index contributed by atoms with van der Waals surface area (Å²) in [5, 5.41) is 2.63. The SMILES string of the molecule is NC(=O)Cc1cc(Cl)c(Br)c2c1[nH]c1ccccc12. The first kappa shape index (κ1) is 12.5. The second kappa shape index (κ2) is 4.54. The lowest BCUT2D eigenvalue weighted by atomic mass is 10.1. The van der Waals surface area contributed by atoms with Crippen LogP contribution in [0.2, 0.25) is 5.02 Å². The Bertz CT molecular complexity index is 810. The minimum absolute atomic E-state index is 0.163. The Morgan fingerprint density at radius 2 is 2.11 bits per heavy atom. The monoisotopic (exact) mass is 336 g/mol. The Morgan fingerprint density at radius 1 is 1.37 bits per heavy atom. The maximum Gasteiger partial charge on any atom is 0.221 e. The number of benzene rings is 2. The predicted molar refractivity (Wildman–Crippen MR) is 81.4 cm³/mol. The zero-order valence-corrected chi connectivity index (χ0v) is 12.2. The molecule has 3 rings (SSSR count). The fourth-order valence-electron chi connectivity index (χ4n) is 2.35. The lowest BCUT2D eigenvalue weighted by Gasteiger charge is -2.05. The number of aromatic nitrogens is 1. The Labute approximate surface area is 122 Å². The van der Waals surface area contributed by atoms with E-state index < -0.39 is 0 Å². The predicted octanol–water partition coefficient (Wildman–Crippen LogP) is 3.76. The molecule has 0 aliphatic rings. The molecule has 5 heteroatoms. The summed E-state index contributed by atoms with van der Waals surface area (Å²) in [5.41, 5.74) is 8.01. The second-order valence-corrected chi connectivity index (χ2v) is 5.60. The van der Waals surface area contributed by atoms with Crippen LogP contribution in [-0.4, -0.2) is 10.9 Å². The van der Waals surface area contributed by atoms with Gasteiger partial charge in [-0.2, -0.15) is 0 Å². The number of hydrogen-bond donors (Lipinski definition) is 2. The van der Waals surface area contributed by atoms with Crippen LogP contribution in [-0.2, 0) is 11.2 Å². The minimum Gasteiger partial charge on any atom is -0.369 e. The van der Waals surface area contributed by atoms with E-state index in [1.54, 1.807) is 6.07 Å². The van der Waals surface area contributed by atoms with E-state index in [1.807, 2.05) is 24.3 Å². The Morgan fingerprint density at radius 3 is 2.84 bits per heavy atom. The fraction of sp³-hybridized carbons (Fsp3) is 0.0714. The van der Waals surface area contributed by atoms with Crippen LogP contribution in [0, 0.1) is 0 Å². The minimum atomic E-state index is -0.377. The summed E-state index contributed by atoms with van der Waals surface area (Å²) in [6.07, 6.45) is 0.163. The van der Waals surface area contributed by atoms with Crippen LogP contribution in [0.25, 0.3) is 21.8 Å². The molecule has 1 amide bonds. The van der Waals surface area contributed by atoms with Crippen molar-refractivity contribution in [1.82, 2.24) is 4.98 Å². The molecule has 0 aliphatic carbocycles. The highest BCUT2D eigenvalue weighted by atomic mass is 79.9. The van der Waals surface area contributed by atoms with Gasteiger partial charge in [-0.15, -0.1) is 0 Å². The standard InChI is InChI=1S/C14H10BrClN2O/c15-13-9(16)5-7(6-11(17)19)14-12(13)8-3-1-2-4-10(8)18-14/h1-5,18H,6H2,(H2,17,19). The van der Waals surface area contributed by atoms with Gasteiger partial charge in [-0.1, -0.05) is 29.8 Å². The summed E-state index contributed by atoms with van der Waals surface area (Å²) in [7, 11) is 0. The Balaban J connectivity index is 2.46. The van der Waals surface area contributed by atoms with Gasteiger partial charge in [0, 0.05) is 20.8 Å². The van der Waals surface area contributed by atoms with Crippen molar-refractivity contribution >= 4 is 55.2 Å². The number of aromatic amines is 1. The number of hydrogen-bond acceptors (Lipinski definition) is 1. The summed E-state index contributed by atoms with van der Waals surface area (Å²) in [4.78, 5) is 14.5. The topological polar surface area (TPSA) is 58.9 Å². The van der Waals surface area contributed by atoms with Gasteiger partial charge < -0.3 is 10.7 Å². The third kappa shape index (κ3) is 2.01. The van der Waals surface area contributed by atoms with Gasteiger partial charge in [-0.05, 0) is 33.6 Å². The molecule has 0 saturated heterocycles. The molecular weight excluding hydrogens is 328 g/mol. The molecule has 3 N–H and O–H groups in total. The highest BCUT2D eigenvalue weighted by Crippen LogP contribution is 2.38. The summed E-state index contributed by atoms with van der Waals surface area (Å²) in [6, 6.07) is 9.71. The van der Waals surface area contributed by atoms with E-state index in [-0.39, 0.29) is 12.3 Å². The Kier molecular flexibility index (Phi) is 2.99. The van der Waals surface area contributed by atoms with Crippen LogP contribution in [0.4, 0.5) is 0 Å². The molecular formula is C14H10BrClN2O. The van der Waals surface area contributed by atoms with E-state index in [4.69, 9.17) is 17.3 Å². The van der Waals surface area contributed by atoms with Gasteiger partial charge in [0.1, 0.15) is 0 Å². The molecule has 3 nitrogen and oxygen atoms in total.